The van der Waals surface area contributed by atoms with E-state index >= 15 is 0 Å². The Hall–Kier alpha value is -1.73. The molecule has 1 heterocycles. The molecule has 0 saturated carbocycles. The summed E-state index contributed by atoms with van der Waals surface area (Å²) in [5.74, 6) is -0.529. The van der Waals surface area contributed by atoms with Crippen LogP contribution in [0.25, 0.3) is 11.0 Å². The number of imidazole rings is 1. The number of aromatic amines is 1. The average Bonchev–Trinajstić information content (AvgIpc) is 2.53. The number of benzene rings is 1. The van der Waals surface area contributed by atoms with E-state index in [0.717, 1.165) is 6.07 Å². The zero-order valence-electron chi connectivity index (χ0n) is 9.58. The van der Waals surface area contributed by atoms with Crippen molar-refractivity contribution in [3.63, 3.8) is 0 Å². The van der Waals surface area contributed by atoms with Crippen LogP contribution in [0.1, 0.15) is 17.0 Å². The molecule has 0 unspecified atom stereocenters. The molecular formula is C11H8F6N2. The summed E-state index contributed by atoms with van der Waals surface area (Å²) in [4.78, 5) is 5.68. The molecule has 1 aromatic carbocycles. The van der Waals surface area contributed by atoms with E-state index in [1.807, 2.05) is 0 Å². The summed E-state index contributed by atoms with van der Waals surface area (Å²) >= 11 is 0. The molecule has 0 spiro atoms. The lowest BCUT2D eigenvalue weighted by molar-refractivity contribution is -0.136. The Morgan fingerprint density at radius 3 is 2.26 bits per heavy atom. The molecule has 0 radical (unpaired) electrons. The van der Waals surface area contributed by atoms with E-state index in [0.29, 0.717) is 5.56 Å². The highest BCUT2D eigenvalue weighted by molar-refractivity contribution is 5.80. The molecule has 2 rings (SSSR count). The van der Waals surface area contributed by atoms with E-state index < -0.39 is 35.7 Å². The highest BCUT2D eigenvalue weighted by atomic mass is 19.4. The van der Waals surface area contributed by atoms with E-state index in [1.165, 1.54) is 13.0 Å². The number of halogens is 6. The summed E-state index contributed by atoms with van der Waals surface area (Å²) in [6.07, 6.45) is -10.6. The second kappa shape index (κ2) is 4.14. The van der Waals surface area contributed by atoms with Crippen LogP contribution in [0.3, 0.4) is 0 Å². The predicted octanol–water partition coefficient (Wildman–Crippen LogP) is 3.99. The van der Waals surface area contributed by atoms with Gasteiger partial charge in [0.15, 0.2) is 0 Å². The molecule has 0 fully saturated rings. The van der Waals surface area contributed by atoms with E-state index in [4.69, 9.17) is 0 Å². The van der Waals surface area contributed by atoms with Gasteiger partial charge in [-0.05, 0) is 24.6 Å². The molecule has 1 aromatic heterocycles. The highest BCUT2D eigenvalue weighted by Crippen LogP contribution is 2.35. The van der Waals surface area contributed by atoms with Crippen LogP contribution in [0.2, 0.25) is 0 Å². The van der Waals surface area contributed by atoms with Gasteiger partial charge in [0, 0.05) is 0 Å². The van der Waals surface area contributed by atoms with Crippen LogP contribution in [0, 0.1) is 6.92 Å². The summed E-state index contributed by atoms with van der Waals surface area (Å²) in [7, 11) is 0. The van der Waals surface area contributed by atoms with Gasteiger partial charge in [0.2, 0.25) is 0 Å². The number of hydrogen-bond acceptors (Lipinski definition) is 1. The van der Waals surface area contributed by atoms with Crippen molar-refractivity contribution in [2.24, 2.45) is 0 Å². The van der Waals surface area contributed by atoms with Gasteiger partial charge >= 0.3 is 12.4 Å². The van der Waals surface area contributed by atoms with E-state index in [2.05, 4.69) is 9.97 Å². The summed E-state index contributed by atoms with van der Waals surface area (Å²) < 4.78 is 74.9. The number of aromatic nitrogens is 2. The number of hydrogen-bond donors (Lipinski definition) is 1. The minimum atomic E-state index is -4.66. The Morgan fingerprint density at radius 1 is 1.11 bits per heavy atom. The fourth-order valence-corrected chi connectivity index (χ4v) is 1.80. The van der Waals surface area contributed by atoms with Crippen molar-refractivity contribution in [1.29, 1.82) is 0 Å². The van der Waals surface area contributed by atoms with Crippen LogP contribution in [0.15, 0.2) is 12.1 Å². The lowest BCUT2D eigenvalue weighted by Gasteiger charge is -2.07. The quantitative estimate of drug-likeness (QED) is 0.787. The lowest BCUT2D eigenvalue weighted by atomic mass is 10.1. The highest BCUT2D eigenvalue weighted by Gasteiger charge is 2.35. The second-order valence-corrected chi connectivity index (χ2v) is 4.18. The Balaban J connectivity index is 2.59. The summed E-state index contributed by atoms with van der Waals surface area (Å²) in [5.41, 5.74) is -1.28. The molecule has 19 heavy (non-hydrogen) atoms. The number of H-pyrrole nitrogens is 1. The van der Waals surface area contributed by atoms with Gasteiger partial charge in [0.25, 0.3) is 0 Å². The van der Waals surface area contributed by atoms with Gasteiger partial charge in [0.1, 0.15) is 17.8 Å². The van der Waals surface area contributed by atoms with Crippen molar-refractivity contribution in [3.05, 3.63) is 29.1 Å². The van der Waals surface area contributed by atoms with Gasteiger partial charge in [-0.15, -0.1) is 0 Å². The maximum absolute atomic E-state index is 12.8. The Kier molecular flexibility index (Phi) is 2.98. The zero-order valence-corrected chi connectivity index (χ0v) is 9.58. The first kappa shape index (κ1) is 13.7. The first-order chi connectivity index (χ1) is 8.56. The number of aryl methyl sites for hydroxylation is 1. The maximum Gasteiger partial charge on any atom is 0.418 e. The fraction of sp³-hybridized carbons (Fsp3) is 0.364. The van der Waals surface area contributed by atoms with Gasteiger partial charge in [-0.25, -0.2) is 4.98 Å². The van der Waals surface area contributed by atoms with Crippen LogP contribution in [0.4, 0.5) is 26.3 Å². The number of nitrogens with zero attached hydrogens (tertiary/aromatic N) is 1. The van der Waals surface area contributed by atoms with E-state index in [9.17, 15) is 26.3 Å². The fourth-order valence-electron chi connectivity index (χ4n) is 1.80. The third-order valence-corrected chi connectivity index (χ3v) is 2.45. The standard InChI is InChI=1S/C11H8F6N2/c1-5-2-6(11(15,16)17)9-7(3-5)18-8(19-9)4-10(12,13)14/h2-3H,4H2,1H3,(H,18,19). The molecule has 0 amide bonds. The average molecular weight is 282 g/mol. The van der Waals surface area contributed by atoms with Crippen molar-refractivity contribution in [2.45, 2.75) is 25.7 Å². The topological polar surface area (TPSA) is 28.7 Å². The molecule has 0 bridgehead atoms. The molecule has 8 heteroatoms. The minimum absolute atomic E-state index is 0.0495. The minimum Gasteiger partial charge on any atom is -0.342 e. The molecular weight excluding hydrogens is 274 g/mol. The Bertz CT molecular complexity index is 608. The Morgan fingerprint density at radius 2 is 1.74 bits per heavy atom. The van der Waals surface area contributed by atoms with Gasteiger partial charge in [-0.2, -0.15) is 26.3 Å². The van der Waals surface area contributed by atoms with Crippen molar-refractivity contribution >= 4 is 11.0 Å². The first-order valence-electron chi connectivity index (χ1n) is 5.19. The number of nitrogens with one attached hydrogen (secondary N) is 1. The predicted molar refractivity (Wildman–Crippen MR) is 55.6 cm³/mol. The molecule has 0 aliphatic rings. The Labute approximate surface area is 103 Å². The number of rotatable bonds is 1. The summed E-state index contributed by atoms with van der Waals surface area (Å²) in [6.45, 7) is 1.43. The van der Waals surface area contributed by atoms with Gasteiger partial charge in [-0.3, -0.25) is 0 Å². The van der Waals surface area contributed by atoms with Gasteiger partial charge < -0.3 is 4.98 Å². The SMILES string of the molecule is Cc1cc(C(F)(F)F)c2nc(CC(F)(F)F)[nH]c2c1. The zero-order chi connectivity index (χ0) is 14.4. The van der Waals surface area contributed by atoms with E-state index in [-0.39, 0.29) is 5.52 Å². The number of fused-ring (bicyclic) bond motifs is 1. The second-order valence-electron chi connectivity index (χ2n) is 4.18. The third-order valence-electron chi connectivity index (χ3n) is 2.45. The first-order valence-corrected chi connectivity index (χ1v) is 5.19. The largest absolute Gasteiger partial charge is 0.418 e. The van der Waals surface area contributed by atoms with Crippen LogP contribution in [-0.2, 0) is 12.6 Å². The molecule has 1 N–H and O–H groups in total. The van der Waals surface area contributed by atoms with Crippen LogP contribution >= 0.6 is 0 Å². The normalized spacial score (nSPS) is 13.2. The molecule has 104 valence electrons. The van der Waals surface area contributed by atoms with E-state index in [1.54, 1.807) is 0 Å². The van der Waals surface area contributed by atoms with Gasteiger partial charge in [-0.1, -0.05) is 0 Å². The van der Waals surface area contributed by atoms with Crippen molar-refractivity contribution in [2.75, 3.05) is 0 Å². The van der Waals surface area contributed by atoms with Crippen molar-refractivity contribution < 1.29 is 26.3 Å². The van der Waals surface area contributed by atoms with Gasteiger partial charge in [0.05, 0.1) is 11.1 Å². The maximum atomic E-state index is 12.8. The monoisotopic (exact) mass is 282 g/mol. The third kappa shape index (κ3) is 2.99. The lowest BCUT2D eigenvalue weighted by Crippen LogP contribution is -2.12. The smallest absolute Gasteiger partial charge is 0.342 e. The molecule has 2 nitrogen and oxygen atoms in total. The van der Waals surface area contributed by atoms with Crippen molar-refractivity contribution in [1.82, 2.24) is 9.97 Å². The van der Waals surface area contributed by atoms with Crippen molar-refractivity contribution in [3.8, 4) is 0 Å². The summed E-state index contributed by atoms with van der Waals surface area (Å²) in [5, 5.41) is 0. The van der Waals surface area contributed by atoms with Crippen LogP contribution < -0.4 is 0 Å². The molecule has 0 saturated heterocycles. The molecule has 0 atom stereocenters. The number of alkyl halides is 6. The summed E-state index contributed by atoms with van der Waals surface area (Å²) in [6, 6.07) is 2.19. The molecule has 0 aliphatic heterocycles. The van der Waals surface area contributed by atoms with Crippen LogP contribution in [0.5, 0.6) is 0 Å². The van der Waals surface area contributed by atoms with Crippen LogP contribution in [-0.4, -0.2) is 16.1 Å². The molecule has 0 aliphatic carbocycles. The molecule has 2 aromatic rings.